The second-order valence-corrected chi connectivity index (χ2v) is 4.13. The molecule has 1 atom stereocenters. The zero-order valence-corrected chi connectivity index (χ0v) is 10.2. The second kappa shape index (κ2) is 7.65. The van der Waals surface area contributed by atoms with Crippen LogP contribution >= 0.6 is 0 Å². The molecule has 0 bridgehead atoms. The number of carboxylic acids is 1. The van der Waals surface area contributed by atoms with Crippen LogP contribution in [0.15, 0.2) is 0 Å². The number of methoxy groups -OCH3 is 1. The molecule has 0 fully saturated rings. The van der Waals surface area contributed by atoms with Gasteiger partial charge in [0.15, 0.2) is 0 Å². The zero-order valence-electron chi connectivity index (χ0n) is 10.2. The number of rotatable bonds is 8. The van der Waals surface area contributed by atoms with Gasteiger partial charge in [-0.3, -0.25) is 9.69 Å². The van der Waals surface area contributed by atoms with Gasteiger partial charge in [0, 0.05) is 13.2 Å². The van der Waals surface area contributed by atoms with Gasteiger partial charge in [-0.05, 0) is 18.9 Å². The van der Waals surface area contributed by atoms with Crippen molar-refractivity contribution in [1.82, 2.24) is 4.90 Å². The highest BCUT2D eigenvalue weighted by atomic mass is 16.5. The Balaban J connectivity index is 4.43. The van der Waals surface area contributed by atoms with E-state index in [4.69, 9.17) is 9.84 Å². The van der Waals surface area contributed by atoms with Crippen molar-refractivity contribution in [2.24, 2.45) is 5.92 Å². The Morgan fingerprint density at radius 1 is 1.47 bits per heavy atom. The van der Waals surface area contributed by atoms with Crippen LogP contribution in [-0.4, -0.2) is 48.8 Å². The molecular weight excluding hydrogens is 194 g/mol. The molecule has 4 heteroatoms. The van der Waals surface area contributed by atoms with E-state index in [1.165, 1.54) is 0 Å². The smallest absolute Gasteiger partial charge is 0.317 e. The molecule has 1 N–H and O–H groups in total. The molecule has 0 aromatic carbocycles. The predicted molar refractivity (Wildman–Crippen MR) is 60.0 cm³/mol. The summed E-state index contributed by atoms with van der Waals surface area (Å²) in [6.07, 6.45) is 0.959. The van der Waals surface area contributed by atoms with Crippen molar-refractivity contribution in [3.63, 3.8) is 0 Å². The Morgan fingerprint density at radius 3 is 2.40 bits per heavy atom. The van der Waals surface area contributed by atoms with Crippen molar-refractivity contribution in [3.8, 4) is 0 Å². The summed E-state index contributed by atoms with van der Waals surface area (Å²) in [6.45, 7) is 7.73. The Morgan fingerprint density at radius 2 is 2.07 bits per heavy atom. The number of hydrogen-bond acceptors (Lipinski definition) is 3. The Bertz CT molecular complexity index is 183. The molecular formula is C11H23NO3. The van der Waals surface area contributed by atoms with Crippen LogP contribution in [0.4, 0.5) is 0 Å². The van der Waals surface area contributed by atoms with Gasteiger partial charge < -0.3 is 9.84 Å². The molecule has 0 aliphatic rings. The second-order valence-electron chi connectivity index (χ2n) is 4.13. The maximum absolute atomic E-state index is 10.7. The van der Waals surface area contributed by atoms with Gasteiger partial charge in [-0.1, -0.05) is 20.8 Å². The summed E-state index contributed by atoms with van der Waals surface area (Å²) in [5.74, 6) is -0.374. The molecule has 0 spiro atoms. The van der Waals surface area contributed by atoms with E-state index in [0.29, 0.717) is 12.5 Å². The van der Waals surface area contributed by atoms with E-state index in [2.05, 4.69) is 20.8 Å². The topological polar surface area (TPSA) is 49.8 Å². The zero-order chi connectivity index (χ0) is 11.8. The molecule has 15 heavy (non-hydrogen) atoms. The number of aliphatic carboxylic acids is 1. The lowest BCUT2D eigenvalue weighted by Gasteiger charge is -2.32. The van der Waals surface area contributed by atoms with E-state index in [1.54, 1.807) is 7.11 Å². The molecule has 1 unspecified atom stereocenters. The fourth-order valence-electron chi connectivity index (χ4n) is 1.71. The molecule has 0 aliphatic carbocycles. The van der Waals surface area contributed by atoms with Crippen molar-refractivity contribution < 1.29 is 14.6 Å². The van der Waals surface area contributed by atoms with Crippen LogP contribution in [0.5, 0.6) is 0 Å². The van der Waals surface area contributed by atoms with E-state index in [1.807, 2.05) is 4.90 Å². The van der Waals surface area contributed by atoms with Gasteiger partial charge in [-0.2, -0.15) is 0 Å². The summed E-state index contributed by atoms with van der Waals surface area (Å²) in [7, 11) is 1.65. The van der Waals surface area contributed by atoms with E-state index in [0.717, 1.165) is 13.0 Å². The fourth-order valence-corrected chi connectivity index (χ4v) is 1.71. The van der Waals surface area contributed by atoms with Crippen LogP contribution in [-0.2, 0) is 9.53 Å². The maximum atomic E-state index is 10.7. The molecule has 0 saturated carbocycles. The lowest BCUT2D eigenvalue weighted by atomic mass is 10.0. The van der Waals surface area contributed by atoms with Crippen LogP contribution in [0.3, 0.4) is 0 Å². The molecule has 4 nitrogen and oxygen atoms in total. The van der Waals surface area contributed by atoms with E-state index in [-0.39, 0.29) is 12.6 Å². The standard InChI is InChI=1S/C11H23NO3/c1-5-6-12(7-11(13)14)10(8-15-4)9(2)3/h9-10H,5-8H2,1-4H3,(H,13,14). The van der Waals surface area contributed by atoms with Gasteiger partial charge in [0.05, 0.1) is 13.2 Å². The lowest BCUT2D eigenvalue weighted by molar-refractivity contribution is -0.139. The van der Waals surface area contributed by atoms with E-state index >= 15 is 0 Å². The van der Waals surface area contributed by atoms with Crippen molar-refractivity contribution in [1.29, 1.82) is 0 Å². The highest BCUT2D eigenvalue weighted by molar-refractivity contribution is 5.69. The molecule has 0 aromatic heterocycles. The SMILES string of the molecule is CCCN(CC(=O)O)C(COC)C(C)C. The van der Waals surface area contributed by atoms with Crippen LogP contribution in [0.2, 0.25) is 0 Å². The normalized spacial score (nSPS) is 13.5. The largest absolute Gasteiger partial charge is 0.480 e. The molecule has 0 aliphatic heterocycles. The maximum Gasteiger partial charge on any atom is 0.317 e. The Kier molecular flexibility index (Phi) is 7.34. The third-order valence-corrected chi connectivity index (χ3v) is 2.43. The van der Waals surface area contributed by atoms with Crippen molar-refractivity contribution in [2.75, 3.05) is 26.8 Å². The summed E-state index contributed by atoms with van der Waals surface area (Å²) >= 11 is 0. The fraction of sp³-hybridized carbons (Fsp3) is 0.909. The summed E-state index contributed by atoms with van der Waals surface area (Å²) in [5, 5.41) is 8.83. The van der Waals surface area contributed by atoms with Crippen LogP contribution in [0.25, 0.3) is 0 Å². The van der Waals surface area contributed by atoms with E-state index < -0.39 is 5.97 Å². The van der Waals surface area contributed by atoms with Gasteiger partial charge in [0.1, 0.15) is 0 Å². The van der Waals surface area contributed by atoms with Gasteiger partial charge in [-0.15, -0.1) is 0 Å². The van der Waals surface area contributed by atoms with Gasteiger partial charge in [-0.25, -0.2) is 0 Å². The summed E-state index contributed by atoms with van der Waals surface area (Å²) in [6, 6.07) is 0.186. The monoisotopic (exact) mass is 217 g/mol. The first-order valence-corrected chi connectivity index (χ1v) is 5.47. The highest BCUT2D eigenvalue weighted by Gasteiger charge is 2.22. The highest BCUT2D eigenvalue weighted by Crippen LogP contribution is 2.11. The number of carboxylic acid groups (broad SMARTS) is 1. The lowest BCUT2D eigenvalue weighted by Crippen LogP contribution is -2.45. The summed E-state index contributed by atoms with van der Waals surface area (Å²) < 4.78 is 5.14. The molecule has 0 radical (unpaired) electrons. The summed E-state index contributed by atoms with van der Waals surface area (Å²) in [5.41, 5.74) is 0. The molecule has 0 saturated heterocycles. The van der Waals surface area contributed by atoms with Gasteiger partial charge >= 0.3 is 5.97 Å². The predicted octanol–water partition coefficient (Wildman–Crippen LogP) is 1.45. The third-order valence-electron chi connectivity index (χ3n) is 2.43. The first-order valence-electron chi connectivity index (χ1n) is 5.47. The Hall–Kier alpha value is -0.610. The van der Waals surface area contributed by atoms with Crippen LogP contribution in [0.1, 0.15) is 27.2 Å². The van der Waals surface area contributed by atoms with Crippen molar-refractivity contribution in [3.05, 3.63) is 0 Å². The minimum absolute atomic E-state index is 0.0973. The first kappa shape index (κ1) is 14.4. The minimum atomic E-state index is -0.773. The number of nitrogens with zero attached hydrogens (tertiary/aromatic N) is 1. The number of carbonyl (C=O) groups is 1. The molecule has 0 rings (SSSR count). The molecule has 0 aromatic rings. The minimum Gasteiger partial charge on any atom is -0.480 e. The van der Waals surface area contributed by atoms with Crippen LogP contribution < -0.4 is 0 Å². The molecule has 90 valence electrons. The first-order chi connectivity index (χ1) is 7.02. The van der Waals surface area contributed by atoms with Crippen molar-refractivity contribution >= 4 is 5.97 Å². The molecule has 0 heterocycles. The third kappa shape index (κ3) is 5.74. The average molecular weight is 217 g/mol. The van der Waals surface area contributed by atoms with Gasteiger partial charge in [0.25, 0.3) is 0 Å². The van der Waals surface area contributed by atoms with Crippen LogP contribution in [0, 0.1) is 5.92 Å². The van der Waals surface area contributed by atoms with Crippen molar-refractivity contribution in [2.45, 2.75) is 33.2 Å². The van der Waals surface area contributed by atoms with Gasteiger partial charge in [0.2, 0.25) is 0 Å². The summed E-state index contributed by atoms with van der Waals surface area (Å²) in [4.78, 5) is 12.7. The number of ether oxygens (including phenoxy) is 1. The molecule has 0 amide bonds. The van der Waals surface area contributed by atoms with E-state index in [9.17, 15) is 4.79 Å². The number of hydrogen-bond donors (Lipinski definition) is 1. The Labute approximate surface area is 92.2 Å². The average Bonchev–Trinajstić information content (AvgIpc) is 2.12. The quantitative estimate of drug-likeness (QED) is 0.668.